The number of carbonyl (C=O) groups is 2. The van der Waals surface area contributed by atoms with E-state index in [1.54, 1.807) is 0 Å². The second-order valence-electron chi connectivity index (χ2n) is 6.50. The number of carbonyl (C=O) groups excluding carboxylic acids is 1. The van der Waals surface area contributed by atoms with Crippen LogP contribution in [0, 0.1) is 11.7 Å². The first kappa shape index (κ1) is 15.6. The lowest BCUT2D eigenvalue weighted by molar-refractivity contribution is -0.117. The third-order valence-corrected chi connectivity index (χ3v) is 5.09. The summed E-state index contributed by atoms with van der Waals surface area (Å²) >= 11 is 0. The van der Waals surface area contributed by atoms with Gasteiger partial charge in [-0.15, -0.1) is 0 Å². The van der Waals surface area contributed by atoms with Crippen LogP contribution >= 0.6 is 0 Å². The minimum atomic E-state index is -1.17. The van der Waals surface area contributed by atoms with Crippen molar-refractivity contribution in [3.05, 3.63) is 59.4 Å². The summed E-state index contributed by atoms with van der Waals surface area (Å²) in [5, 5.41) is 11.6. The van der Waals surface area contributed by atoms with E-state index < -0.39 is 11.8 Å². The standard InChI is InChI=1S/C19H16FNO4/c20-14-6-5-11(18(23)24)9-15(14)21-17(22)13-10-19(13)7-8-25-16-4-2-1-3-12(16)19/h1-6,9,13H,7-8,10H2,(H,21,22)(H,23,24)/t13-,19-/m0/s1. The Morgan fingerprint density at radius 3 is 2.84 bits per heavy atom. The number of rotatable bonds is 3. The highest BCUT2D eigenvalue weighted by Gasteiger charge is 2.61. The number of hydrogen-bond acceptors (Lipinski definition) is 3. The molecule has 4 rings (SSSR count). The fourth-order valence-electron chi connectivity index (χ4n) is 3.68. The zero-order chi connectivity index (χ0) is 17.6. The summed E-state index contributed by atoms with van der Waals surface area (Å²) in [5.74, 6) is -1.59. The average molecular weight is 341 g/mol. The Hall–Kier alpha value is -2.89. The predicted molar refractivity (Wildman–Crippen MR) is 88.3 cm³/mol. The van der Waals surface area contributed by atoms with Gasteiger partial charge < -0.3 is 15.2 Å². The average Bonchev–Trinajstić information content (AvgIpc) is 3.32. The first-order chi connectivity index (χ1) is 12.0. The molecular weight excluding hydrogens is 325 g/mol. The molecule has 2 N–H and O–H groups in total. The van der Waals surface area contributed by atoms with E-state index in [-0.39, 0.29) is 28.5 Å². The van der Waals surface area contributed by atoms with Crippen LogP contribution in [0.3, 0.4) is 0 Å². The quantitative estimate of drug-likeness (QED) is 0.899. The zero-order valence-corrected chi connectivity index (χ0v) is 13.3. The van der Waals surface area contributed by atoms with Crippen molar-refractivity contribution >= 4 is 17.6 Å². The van der Waals surface area contributed by atoms with Crippen LogP contribution in [-0.2, 0) is 10.2 Å². The van der Waals surface area contributed by atoms with E-state index in [2.05, 4.69) is 5.32 Å². The summed E-state index contributed by atoms with van der Waals surface area (Å²) in [6, 6.07) is 11.0. The summed E-state index contributed by atoms with van der Waals surface area (Å²) < 4.78 is 19.6. The fraction of sp³-hybridized carbons (Fsp3) is 0.263. The van der Waals surface area contributed by atoms with Gasteiger partial charge in [-0.1, -0.05) is 18.2 Å². The van der Waals surface area contributed by atoms with Crippen LogP contribution in [0.2, 0.25) is 0 Å². The number of fused-ring (bicyclic) bond motifs is 2. The van der Waals surface area contributed by atoms with Crippen molar-refractivity contribution < 1.29 is 23.8 Å². The molecule has 2 aliphatic rings. The molecule has 0 saturated heterocycles. The van der Waals surface area contributed by atoms with Crippen LogP contribution in [0.15, 0.2) is 42.5 Å². The van der Waals surface area contributed by atoms with Crippen LogP contribution < -0.4 is 10.1 Å². The van der Waals surface area contributed by atoms with Crippen molar-refractivity contribution in [2.24, 2.45) is 5.92 Å². The van der Waals surface area contributed by atoms with Gasteiger partial charge in [-0.2, -0.15) is 0 Å². The minimum Gasteiger partial charge on any atom is -0.493 e. The number of aromatic carboxylic acids is 1. The number of hydrogen-bond donors (Lipinski definition) is 2. The molecule has 1 spiro atoms. The van der Waals surface area contributed by atoms with E-state index in [0.29, 0.717) is 13.0 Å². The summed E-state index contributed by atoms with van der Waals surface area (Å²) in [6.07, 6.45) is 1.42. The first-order valence-electron chi connectivity index (χ1n) is 8.07. The van der Waals surface area contributed by atoms with E-state index in [0.717, 1.165) is 29.9 Å². The van der Waals surface area contributed by atoms with Crippen molar-refractivity contribution in [2.45, 2.75) is 18.3 Å². The second kappa shape index (κ2) is 5.58. The van der Waals surface area contributed by atoms with Crippen LogP contribution in [-0.4, -0.2) is 23.6 Å². The van der Waals surface area contributed by atoms with Crippen molar-refractivity contribution in [3.63, 3.8) is 0 Å². The number of anilines is 1. The maximum absolute atomic E-state index is 13.9. The normalized spacial score (nSPS) is 23.5. The molecule has 1 saturated carbocycles. The second-order valence-corrected chi connectivity index (χ2v) is 6.50. The minimum absolute atomic E-state index is 0.0707. The van der Waals surface area contributed by atoms with E-state index in [9.17, 15) is 14.0 Å². The van der Waals surface area contributed by atoms with Crippen molar-refractivity contribution in [1.29, 1.82) is 0 Å². The third kappa shape index (κ3) is 2.54. The number of nitrogens with one attached hydrogen (secondary N) is 1. The van der Waals surface area contributed by atoms with Gasteiger partial charge in [0.25, 0.3) is 0 Å². The highest BCUT2D eigenvalue weighted by atomic mass is 19.1. The largest absolute Gasteiger partial charge is 0.493 e. The Kier molecular flexibility index (Phi) is 3.49. The third-order valence-electron chi connectivity index (χ3n) is 5.09. The Morgan fingerprint density at radius 1 is 1.24 bits per heavy atom. The van der Waals surface area contributed by atoms with Crippen LogP contribution in [0.1, 0.15) is 28.8 Å². The van der Waals surface area contributed by atoms with Crippen molar-refractivity contribution in [2.75, 3.05) is 11.9 Å². The van der Waals surface area contributed by atoms with E-state index in [4.69, 9.17) is 9.84 Å². The van der Waals surface area contributed by atoms with Gasteiger partial charge in [-0.05, 0) is 37.1 Å². The molecule has 1 heterocycles. The lowest BCUT2D eigenvalue weighted by atomic mass is 9.87. The summed E-state index contributed by atoms with van der Waals surface area (Å²) in [7, 11) is 0. The number of halogens is 1. The van der Waals surface area contributed by atoms with E-state index >= 15 is 0 Å². The van der Waals surface area contributed by atoms with Crippen molar-refractivity contribution in [3.8, 4) is 5.75 Å². The highest BCUT2D eigenvalue weighted by Crippen LogP contribution is 2.60. The first-order valence-corrected chi connectivity index (χ1v) is 8.07. The lowest BCUT2D eigenvalue weighted by Gasteiger charge is -2.26. The van der Waals surface area contributed by atoms with Gasteiger partial charge in [0, 0.05) is 16.9 Å². The van der Waals surface area contributed by atoms with Gasteiger partial charge >= 0.3 is 5.97 Å². The maximum atomic E-state index is 13.9. The number of amides is 1. The summed E-state index contributed by atoms with van der Waals surface area (Å²) in [5.41, 5.74) is 0.576. The Morgan fingerprint density at radius 2 is 2.04 bits per heavy atom. The smallest absolute Gasteiger partial charge is 0.335 e. The molecule has 0 radical (unpaired) electrons. The van der Waals surface area contributed by atoms with Crippen LogP contribution in [0.4, 0.5) is 10.1 Å². The monoisotopic (exact) mass is 341 g/mol. The van der Waals surface area contributed by atoms with Crippen molar-refractivity contribution in [1.82, 2.24) is 0 Å². The maximum Gasteiger partial charge on any atom is 0.335 e. The summed E-state index contributed by atoms with van der Waals surface area (Å²) in [4.78, 5) is 23.7. The Bertz CT molecular complexity index is 881. The molecule has 5 nitrogen and oxygen atoms in total. The van der Waals surface area contributed by atoms with Gasteiger partial charge in [0.1, 0.15) is 11.6 Å². The molecule has 2 aromatic rings. The highest BCUT2D eigenvalue weighted by molar-refractivity contribution is 5.98. The molecule has 1 amide bonds. The zero-order valence-electron chi connectivity index (χ0n) is 13.3. The predicted octanol–water partition coefficient (Wildman–Crippen LogP) is 3.20. The van der Waals surface area contributed by atoms with E-state index in [1.807, 2.05) is 24.3 Å². The number of benzene rings is 2. The van der Waals surface area contributed by atoms with Gasteiger partial charge in [-0.25, -0.2) is 9.18 Å². The number of carboxylic acids is 1. The molecule has 0 bridgehead atoms. The Balaban J connectivity index is 1.57. The Labute approximate surface area is 143 Å². The van der Waals surface area contributed by atoms with Gasteiger partial charge in [0.05, 0.1) is 17.9 Å². The number of para-hydroxylation sites is 1. The molecule has 25 heavy (non-hydrogen) atoms. The van der Waals surface area contributed by atoms with E-state index in [1.165, 1.54) is 6.07 Å². The molecule has 0 unspecified atom stereocenters. The molecule has 1 aliphatic heterocycles. The molecule has 1 aliphatic carbocycles. The molecule has 6 heteroatoms. The molecule has 0 aromatic heterocycles. The van der Waals surface area contributed by atoms with Gasteiger partial charge in [0.15, 0.2) is 0 Å². The molecule has 128 valence electrons. The molecule has 1 fully saturated rings. The van der Waals surface area contributed by atoms with Crippen LogP contribution in [0.25, 0.3) is 0 Å². The fourth-order valence-corrected chi connectivity index (χ4v) is 3.68. The summed E-state index contributed by atoms with van der Waals surface area (Å²) in [6.45, 7) is 0.545. The molecular formula is C19H16FNO4. The van der Waals surface area contributed by atoms with Gasteiger partial charge in [-0.3, -0.25) is 4.79 Å². The topological polar surface area (TPSA) is 75.6 Å². The SMILES string of the molecule is O=C(O)c1ccc(F)c(NC(=O)[C@@H]2C[C@]23CCOc2ccccc23)c1. The lowest BCUT2D eigenvalue weighted by Crippen LogP contribution is -2.26. The molecule has 2 atom stereocenters. The number of ether oxygens (including phenoxy) is 1. The molecule has 2 aromatic carbocycles. The number of carboxylic acid groups (broad SMARTS) is 1. The van der Waals surface area contributed by atoms with Gasteiger partial charge in [0.2, 0.25) is 5.91 Å². The van der Waals surface area contributed by atoms with Crippen LogP contribution in [0.5, 0.6) is 5.75 Å².